The summed E-state index contributed by atoms with van der Waals surface area (Å²) >= 11 is 0. The van der Waals surface area contributed by atoms with Gasteiger partial charge in [0.1, 0.15) is 12.3 Å². The van der Waals surface area contributed by atoms with Crippen LogP contribution in [0.5, 0.6) is 0 Å². The second-order valence-corrected chi connectivity index (χ2v) is 5.42. The first-order valence-corrected chi connectivity index (χ1v) is 8.00. The molecular formula is C18H23NO6. The molecule has 136 valence electrons. The third-order valence-electron chi connectivity index (χ3n) is 3.66. The molecule has 0 aliphatic rings. The molecule has 0 aliphatic heterocycles. The van der Waals surface area contributed by atoms with Crippen molar-refractivity contribution in [3.63, 3.8) is 0 Å². The molecule has 0 spiro atoms. The van der Waals surface area contributed by atoms with Gasteiger partial charge in [0, 0.05) is 18.4 Å². The van der Waals surface area contributed by atoms with E-state index in [1.54, 1.807) is 24.3 Å². The average molecular weight is 349 g/mol. The fourth-order valence-corrected chi connectivity index (χ4v) is 2.21. The van der Waals surface area contributed by atoms with E-state index in [-0.39, 0.29) is 12.8 Å². The lowest BCUT2D eigenvalue weighted by Gasteiger charge is -2.16. The predicted octanol–water partition coefficient (Wildman–Crippen LogP) is 1.43. The monoisotopic (exact) mass is 349 g/mol. The van der Waals surface area contributed by atoms with Crippen molar-refractivity contribution < 1.29 is 28.7 Å². The van der Waals surface area contributed by atoms with Crippen LogP contribution in [-0.2, 0) is 30.3 Å². The Kier molecular flexibility index (Phi) is 8.92. The van der Waals surface area contributed by atoms with Gasteiger partial charge >= 0.3 is 11.9 Å². The Balaban J connectivity index is 2.67. The van der Waals surface area contributed by atoms with Crippen LogP contribution in [0.2, 0.25) is 0 Å². The molecule has 0 saturated carbocycles. The van der Waals surface area contributed by atoms with E-state index in [0.29, 0.717) is 12.0 Å². The minimum absolute atomic E-state index is 0.00772. The molecule has 1 rings (SSSR count). The van der Waals surface area contributed by atoms with E-state index in [4.69, 9.17) is 0 Å². The highest BCUT2D eigenvalue weighted by molar-refractivity contribution is 5.96. The molecule has 1 aromatic rings. The molecule has 7 heteroatoms. The van der Waals surface area contributed by atoms with E-state index in [0.717, 1.165) is 24.7 Å². The predicted molar refractivity (Wildman–Crippen MR) is 90.0 cm³/mol. The topological polar surface area (TPSA) is 98.8 Å². The maximum Gasteiger partial charge on any atom is 0.328 e. The quantitative estimate of drug-likeness (QED) is 0.390. The lowest BCUT2D eigenvalue weighted by atomic mass is 10.1. The zero-order valence-electron chi connectivity index (χ0n) is 14.4. The number of amides is 1. The molecule has 25 heavy (non-hydrogen) atoms. The Morgan fingerprint density at radius 1 is 1.12 bits per heavy atom. The summed E-state index contributed by atoms with van der Waals surface area (Å²) in [5, 5.41) is 2.57. The number of ether oxygens (including phenoxy) is 2. The van der Waals surface area contributed by atoms with Gasteiger partial charge in [-0.15, -0.1) is 0 Å². The number of carbonyl (C=O) groups excluding carboxylic acids is 4. The van der Waals surface area contributed by atoms with Crippen molar-refractivity contribution in [2.24, 2.45) is 0 Å². The number of aldehydes is 1. The Morgan fingerprint density at radius 3 is 2.36 bits per heavy atom. The molecule has 0 saturated heterocycles. The van der Waals surface area contributed by atoms with Crippen LogP contribution >= 0.6 is 0 Å². The van der Waals surface area contributed by atoms with E-state index in [9.17, 15) is 19.2 Å². The van der Waals surface area contributed by atoms with Crippen LogP contribution in [0.3, 0.4) is 0 Å². The number of esters is 2. The summed E-state index contributed by atoms with van der Waals surface area (Å²) in [4.78, 5) is 45.6. The molecule has 7 nitrogen and oxygen atoms in total. The SMILES string of the molecule is COC(=O)CCC(NC(=O)c1ccc(CCCC=O)cc1)C(=O)OC. The molecule has 1 aromatic carbocycles. The summed E-state index contributed by atoms with van der Waals surface area (Å²) in [7, 11) is 2.47. The minimum atomic E-state index is -0.927. The number of aryl methyl sites for hydroxylation is 1. The van der Waals surface area contributed by atoms with E-state index >= 15 is 0 Å². The summed E-state index contributed by atoms with van der Waals surface area (Å²) in [5.74, 6) is -1.52. The fraction of sp³-hybridized carbons (Fsp3) is 0.444. The van der Waals surface area contributed by atoms with Crippen molar-refractivity contribution in [3.05, 3.63) is 35.4 Å². The number of carbonyl (C=O) groups is 4. The lowest BCUT2D eigenvalue weighted by Crippen LogP contribution is -2.41. The largest absolute Gasteiger partial charge is 0.469 e. The first kappa shape index (κ1) is 20.3. The molecule has 1 atom stereocenters. The number of rotatable bonds is 10. The van der Waals surface area contributed by atoms with Gasteiger partial charge in [0.2, 0.25) is 0 Å². The summed E-state index contributed by atoms with van der Waals surface area (Å²) in [6, 6.07) is 5.99. The van der Waals surface area contributed by atoms with Gasteiger partial charge in [0.05, 0.1) is 14.2 Å². The van der Waals surface area contributed by atoms with Gasteiger partial charge in [0.15, 0.2) is 0 Å². The second-order valence-electron chi connectivity index (χ2n) is 5.42. The Morgan fingerprint density at radius 2 is 1.80 bits per heavy atom. The van der Waals surface area contributed by atoms with E-state index in [2.05, 4.69) is 14.8 Å². The van der Waals surface area contributed by atoms with Crippen molar-refractivity contribution in [1.82, 2.24) is 5.32 Å². The van der Waals surface area contributed by atoms with Crippen molar-refractivity contribution in [2.75, 3.05) is 14.2 Å². The Labute approximate surface area is 146 Å². The summed E-state index contributed by atoms with van der Waals surface area (Å²) in [5.41, 5.74) is 1.42. The number of methoxy groups -OCH3 is 2. The molecule has 0 bridgehead atoms. The van der Waals surface area contributed by atoms with Gasteiger partial charge in [0.25, 0.3) is 5.91 Å². The Hall–Kier alpha value is -2.70. The number of unbranched alkanes of at least 4 members (excludes halogenated alkanes) is 1. The van der Waals surface area contributed by atoms with Gasteiger partial charge in [-0.25, -0.2) is 4.79 Å². The van der Waals surface area contributed by atoms with Crippen molar-refractivity contribution >= 4 is 24.1 Å². The highest BCUT2D eigenvalue weighted by atomic mass is 16.5. The van der Waals surface area contributed by atoms with E-state index in [1.807, 2.05) is 0 Å². The molecule has 1 N–H and O–H groups in total. The minimum Gasteiger partial charge on any atom is -0.469 e. The third-order valence-corrected chi connectivity index (χ3v) is 3.66. The second kappa shape index (κ2) is 11.0. The van der Waals surface area contributed by atoms with Crippen LogP contribution in [0.4, 0.5) is 0 Å². The normalized spacial score (nSPS) is 11.3. The van der Waals surface area contributed by atoms with Gasteiger partial charge in [-0.1, -0.05) is 12.1 Å². The van der Waals surface area contributed by atoms with Crippen LogP contribution in [0.15, 0.2) is 24.3 Å². The van der Waals surface area contributed by atoms with Crippen molar-refractivity contribution in [1.29, 1.82) is 0 Å². The highest BCUT2D eigenvalue weighted by Gasteiger charge is 2.23. The van der Waals surface area contributed by atoms with Crippen LogP contribution in [0.25, 0.3) is 0 Å². The van der Waals surface area contributed by atoms with Crippen LogP contribution in [0, 0.1) is 0 Å². The molecule has 0 aliphatic carbocycles. The molecule has 1 amide bonds. The highest BCUT2D eigenvalue weighted by Crippen LogP contribution is 2.09. The maximum absolute atomic E-state index is 12.3. The fourth-order valence-electron chi connectivity index (χ4n) is 2.21. The third kappa shape index (κ3) is 7.15. The van der Waals surface area contributed by atoms with Gasteiger partial charge in [-0.05, 0) is 37.0 Å². The van der Waals surface area contributed by atoms with Gasteiger partial charge < -0.3 is 19.6 Å². The van der Waals surface area contributed by atoms with E-state index < -0.39 is 23.9 Å². The molecule has 1 unspecified atom stereocenters. The Bertz CT molecular complexity index is 596. The zero-order chi connectivity index (χ0) is 18.7. The van der Waals surface area contributed by atoms with Crippen LogP contribution in [0.1, 0.15) is 41.6 Å². The zero-order valence-corrected chi connectivity index (χ0v) is 14.4. The summed E-state index contributed by atoms with van der Waals surface area (Å²) in [6.07, 6.45) is 2.98. The molecule has 0 radical (unpaired) electrons. The van der Waals surface area contributed by atoms with Gasteiger partial charge in [-0.3, -0.25) is 9.59 Å². The summed E-state index contributed by atoms with van der Waals surface area (Å²) < 4.78 is 9.19. The van der Waals surface area contributed by atoms with E-state index in [1.165, 1.54) is 14.2 Å². The van der Waals surface area contributed by atoms with Crippen LogP contribution < -0.4 is 5.32 Å². The number of hydrogen-bond donors (Lipinski definition) is 1. The standard InChI is InChI=1S/C18H23NO6/c1-24-16(21)11-10-15(18(23)25-2)19-17(22)14-8-6-13(7-9-14)5-3-4-12-20/h6-9,12,15H,3-5,10-11H2,1-2H3,(H,19,22). The van der Waals surface area contributed by atoms with Crippen LogP contribution in [-0.4, -0.2) is 44.4 Å². The summed E-state index contributed by atoms with van der Waals surface area (Å²) in [6.45, 7) is 0. The first-order valence-electron chi connectivity index (χ1n) is 8.00. The maximum atomic E-state index is 12.3. The smallest absolute Gasteiger partial charge is 0.328 e. The molecule has 0 fully saturated rings. The van der Waals surface area contributed by atoms with Gasteiger partial charge in [-0.2, -0.15) is 0 Å². The molecular weight excluding hydrogens is 326 g/mol. The first-order chi connectivity index (χ1) is 12.0. The molecule has 0 heterocycles. The van der Waals surface area contributed by atoms with Crippen molar-refractivity contribution in [2.45, 2.75) is 38.1 Å². The molecule has 0 aromatic heterocycles. The number of hydrogen-bond acceptors (Lipinski definition) is 6. The number of nitrogens with one attached hydrogen (secondary N) is 1. The average Bonchev–Trinajstić information content (AvgIpc) is 2.64. The number of benzene rings is 1. The van der Waals surface area contributed by atoms with Crippen molar-refractivity contribution in [3.8, 4) is 0 Å². The lowest BCUT2D eigenvalue weighted by molar-refractivity contribution is -0.144.